The Kier molecular flexibility index (Phi) is 7.45. The highest BCUT2D eigenvalue weighted by Gasteiger charge is 2.33. The molecule has 0 radical (unpaired) electrons. The van der Waals surface area contributed by atoms with Crippen molar-refractivity contribution < 1.29 is 32.2 Å². The van der Waals surface area contributed by atoms with Crippen molar-refractivity contribution in [2.75, 3.05) is 38.7 Å². The number of carbonyl (C=O) groups excluding carboxylic acids is 1. The van der Waals surface area contributed by atoms with Gasteiger partial charge >= 0.3 is 6.36 Å². The predicted octanol–water partition coefficient (Wildman–Crippen LogP) is 3.92. The van der Waals surface area contributed by atoms with Crippen molar-refractivity contribution in [3.05, 3.63) is 71.7 Å². The number of amides is 1. The lowest BCUT2D eigenvalue weighted by atomic mass is 10.2. The van der Waals surface area contributed by atoms with Crippen LogP contribution in [0.15, 0.2) is 54.6 Å². The molecule has 0 atom stereocenters. The van der Waals surface area contributed by atoms with Gasteiger partial charge in [0.1, 0.15) is 12.4 Å². The molecule has 0 bridgehead atoms. The summed E-state index contributed by atoms with van der Waals surface area (Å²) < 4.78 is 55.0. The first-order chi connectivity index (χ1) is 16.9. The van der Waals surface area contributed by atoms with Crippen LogP contribution in [0.2, 0.25) is 0 Å². The molecule has 1 amide bonds. The normalized spacial score (nSPS) is 13.7. The minimum atomic E-state index is -4.86. The molecule has 2 heterocycles. The van der Waals surface area contributed by atoms with E-state index in [4.69, 9.17) is 9.47 Å². The van der Waals surface area contributed by atoms with Gasteiger partial charge in [0.25, 0.3) is 5.91 Å². The van der Waals surface area contributed by atoms with Gasteiger partial charge in [-0.15, -0.1) is 13.2 Å². The Morgan fingerprint density at radius 2 is 1.77 bits per heavy atom. The number of nitrogens with one attached hydrogen (secondary N) is 1. The highest BCUT2D eigenvalue weighted by atomic mass is 19.4. The molecule has 0 fully saturated rings. The fourth-order valence-electron chi connectivity index (χ4n) is 3.78. The molecule has 0 unspecified atom stereocenters. The molecule has 186 valence electrons. The number of benzene rings is 2. The average Bonchev–Trinajstić information content (AvgIpc) is 3.08. The van der Waals surface area contributed by atoms with Crippen LogP contribution in [0.1, 0.15) is 21.9 Å². The third-order valence-corrected chi connectivity index (χ3v) is 5.39. The largest absolute Gasteiger partial charge is 0.573 e. The lowest BCUT2D eigenvalue weighted by Gasteiger charge is -2.21. The number of aromatic nitrogens is 2. The second kappa shape index (κ2) is 10.7. The summed E-state index contributed by atoms with van der Waals surface area (Å²) in [5.74, 6) is 0.0369. The molecule has 1 aliphatic rings. The predicted molar refractivity (Wildman–Crippen MR) is 121 cm³/mol. The number of alkyl halides is 3. The Morgan fingerprint density at radius 3 is 2.49 bits per heavy atom. The number of rotatable bonds is 9. The number of halogens is 3. The smallest absolute Gasteiger partial charge is 0.482 e. The summed E-state index contributed by atoms with van der Waals surface area (Å²) in [4.78, 5) is 19.7. The number of ether oxygens (including phenoxy) is 3. The van der Waals surface area contributed by atoms with Gasteiger partial charge in [-0.05, 0) is 17.7 Å². The quantitative estimate of drug-likeness (QED) is 0.490. The molecule has 35 heavy (non-hydrogen) atoms. The van der Waals surface area contributed by atoms with Crippen LogP contribution in [0.5, 0.6) is 11.5 Å². The Bertz CT molecular complexity index is 1150. The third-order valence-electron chi connectivity index (χ3n) is 5.39. The summed E-state index contributed by atoms with van der Waals surface area (Å²) in [5.41, 5.74) is 1.29. The summed E-state index contributed by atoms with van der Waals surface area (Å²) in [7, 11) is 1.57. The Labute approximate surface area is 200 Å². The van der Waals surface area contributed by atoms with Gasteiger partial charge in [0.2, 0.25) is 0 Å². The maximum absolute atomic E-state index is 13.4. The number of fused-ring (bicyclic) bond motifs is 1. The number of hydrogen-bond acceptors (Lipinski definition) is 6. The monoisotopic (exact) mass is 490 g/mol. The molecule has 0 spiro atoms. The van der Waals surface area contributed by atoms with E-state index < -0.39 is 12.1 Å². The van der Waals surface area contributed by atoms with Gasteiger partial charge in [0.15, 0.2) is 23.0 Å². The molecule has 2 aromatic carbocycles. The highest BCUT2D eigenvalue weighted by molar-refractivity contribution is 5.98. The average molecular weight is 490 g/mol. The summed E-state index contributed by atoms with van der Waals surface area (Å²) in [6.07, 6.45) is -4.86. The molecule has 0 aliphatic carbocycles. The molecular weight excluding hydrogens is 465 g/mol. The maximum Gasteiger partial charge on any atom is 0.573 e. The number of anilines is 1. The van der Waals surface area contributed by atoms with Crippen molar-refractivity contribution in [3.8, 4) is 11.5 Å². The van der Waals surface area contributed by atoms with Gasteiger partial charge in [0.05, 0.1) is 6.61 Å². The summed E-state index contributed by atoms with van der Waals surface area (Å²) in [5, 5.41) is 3.18. The van der Waals surface area contributed by atoms with Crippen molar-refractivity contribution in [3.63, 3.8) is 0 Å². The first kappa shape index (κ1) is 24.4. The van der Waals surface area contributed by atoms with Crippen molar-refractivity contribution >= 4 is 11.7 Å². The Morgan fingerprint density at radius 1 is 1.06 bits per heavy atom. The van der Waals surface area contributed by atoms with Crippen LogP contribution < -0.4 is 14.8 Å². The summed E-state index contributed by atoms with van der Waals surface area (Å²) in [6, 6.07) is 15.0. The van der Waals surface area contributed by atoms with Crippen LogP contribution in [-0.2, 0) is 17.9 Å². The zero-order valence-corrected chi connectivity index (χ0v) is 19.0. The van der Waals surface area contributed by atoms with Crippen LogP contribution in [0.4, 0.5) is 19.0 Å². The van der Waals surface area contributed by atoms with Gasteiger partial charge in [-0.2, -0.15) is 0 Å². The third kappa shape index (κ3) is 6.04. The van der Waals surface area contributed by atoms with Crippen molar-refractivity contribution in [2.24, 2.45) is 0 Å². The van der Waals surface area contributed by atoms with Crippen molar-refractivity contribution in [2.45, 2.75) is 19.5 Å². The van der Waals surface area contributed by atoms with Crippen LogP contribution in [0.3, 0.4) is 0 Å². The van der Waals surface area contributed by atoms with E-state index in [0.717, 1.165) is 5.56 Å². The summed E-state index contributed by atoms with van der Waals surface area (Å²) >= 11 is 0. The van der Waals surface area contributed by atoms with E-state index >= 15 is 0 Å². The van der Waals surface area contributed by atoms with Crippen molar-refractivity contribution in [1.82, 2.24) is 14.5 Å². The van der Waals surface area contributed by atoms with E-state index in [1.54, 1.807) is 22.6 Å². The Hall–Kier alpha value is -3.73. The van der Waals surface area contributed by atoms with E-state index in [1.807, 2.05) is 30.3 Å². The van der Waals surface area contributed by atoms with Gasteiger partial charge in [-0.3, -0.25) is 4.79 Å². The highest BCUT2D eigenvalue weighted by Crippen LogP contribution is 2.33. The number of para-hydroxylation sites is 2. The lowest BCUT2D eigenvalue weighted by Crippen LogP contribution is -2.36. The lowest BCUT2D eigenvalue weighted by molar-refractivity contribution is -0.275. The minimum Gasteiger partial charge on any atom is -0.482 e. The maximum atomic E-state index is 13.4. The van der Waals surface area contributed by atoms with E-state index in [0.29, 0.717) is 50.1 Å². The molecule has 1 N–H and O–H groups in total. The fraction of sp³-hybridized carbons (Fsp3) is 0.333. The van der Waals surface area contributed by atoms with Gasteiger partial charge in [-0.25, -0.2) is 4.98 Å². The fourth-order valence-corrected chi connectivity index (χ4v) is 3.78. The van der Waals surface area contributed by atoms with E-state index in [-0.39, 0.29) is 18.3 Å². The van der Waals surface area contributed by atoms with E-state index in [1.165, 1.54) is 18.2 Å². The minimum absolute atomic E-state index is 0.0877. The molecule has 0 saturated heterocycles. The van der Waals surface area contributed by atoms with Crippen molar-refractivity contribution in [1.29, 1.82) is 0 Å². The number of carbonyl (C=O) groups is 1. The molecule has 11 heteroatoms. The van der Waals surface area contributed by atoms with E-state index in [9.17, 15) is 18.0 Å². The number of methoxy groups -OCH3 is 1. The van der Waals surface area contributed by atoms with Gasteiger partial charge in [0, 0.05) is 33.3 Å². The van der Waals surface area contributed by atoms with E-state index in [2.05, 4.69) is 15.0 Å². The molecule has 1 aliphatic heterocycles. The van der Waals surface area contributed by atoms with Gasteiger partial charge < -0.3 is 29.0 Å². The standard InChI is InChI=1S/C24H25F3N4O4/c1-33-14-13-30-12-11-28-22-21(23(30)32)31(15-17-7-3-2-4-8-17)20(29-22)16-34-18-9-5-6-10-19(18)35-24(25,26)27/h2-10,28H,11-16H2,1H3. The Balaban J connectivity index is 1.66. The summed E-state index contributed by atoms with van der Waals surface area (Å²) in [6.45, 7) is 1.94. The second-order valence-electron chi connectivity index (χ2n) is 7.79. The molecule has 8 nitrogen and oxygen atoms in total. The number of imidazole rings is 1. The van der Waals surface area contributed by atoms with Crippen LogP contribution in [0.25, 0.3) is 0 Å². The topological polar surface area (TPSA) is 77.9 Å². The van der Waals surface area contributed by atoms with Crippen LogP contribution >= 0.6 is 0 Å². The molecule has 0 saturated carbocycles. The number of nitrogens with zero attached hydrogens (tertiary/aromatic N) is 3. The van der Waals surface area contributed by atoms with Gasteiger partial charge in [-0.1, -0.05) is 42.5 Å². The molecular formula is C24H25F3N4O4. The SMILES string of the molecule is COCCN1CCNc2nc(COc3ccccc3OC(F)(F)F)n(Cc3ccccc3)c2C1=O. The first-order valence-corrected chi connectivity index (χ1v) is 11.0. The van der Waals surface area contributed by atoms with Crippen LogP contribution in [-0.4, -0.2) is 60.1 Å². The number of hydrogen-bond donors (Lipinski definition) is 1. The van der Waals surface area contributed by atoms with Crippen LogP contribution in [0, 0.1) is 0 Å². The zero-order valence-electron chi connectivity index (χ0n) is 19.0. The first-order valence-electron chi connectivity index (χ1n) is 11.0. The second-order valence-corrected chi connectivity index (χ2v) is 7.79. The molecule has 1 aromatic heterocycles. The molecule has 3 aromatic rings. The molecule has 4 rings (SSSR count). The zero-order chi connectivity index (χ0) is 24.8.